The van der Waals surface area contributed by atoms with Crippen molar-refractivity contribution < 1.29 is 9.26 Å². The lowest BCUT2D eigenvalue weighted by Gasteiger charge is -2.24. The van der Waals surface area contributed by atoms with Gasteiger partial charge in [0.2, 0.25) is 0 Å². The minimum atomic E-state index is 0.184. The van der Waals surface area contributed by atoms with Crippen molar-refractivity contribution in [3.63, 3.8) is 0 Å². The second kappa shape index (κ2) is 7.39. The molecule has 0 bridgehead atoms. The summed E-state index contributed by atoms with van der Waals surface area (Å²) in [7, 11) is 0. The molecule has 1 fully saturated rings. The van der Waals surface area contributed by atoms with Crippen LogP contribution in [-0.2, 0) is 6.54 Å². The summed E-state index contributed by atoms with van der Waals surface area (Å²) in [5.41, 5.74) is 2.28. The van der Waals surface area contributed by atoms with Gasteiger partial charge in [-0.25, -0.2) is 0 Å². The Bertz CT molecular complexity index is 663. The monoisotopic (exact) mass is 328 g/mol. The summed E-state index contributed by atoms with van der Waals surface area (Å²) in [6.07, 6.45) is 2.50. The van der Waals surface area contributed by atoms with Crippen LogP contribution in [0.5, 0.6) is 5.75 Å². The van der Waals surface area contributed by atoms with Gasteiger partial charge in [0.1, 0.15) is 5.75 Å². The number of para-hydroxylation sites is 1. The van der Waals surface area contributed by atoms with Gasteiger partial charge in [0.15, 0.2) is 5.76 Å². The third kappa shape index (κ3) is 3.81. The zero-order chi connectivity index (χ0) is 17.1. The molecule has 0 N–H and O–H groups in total. The van der Waals surface area contributed by atoms with E-state index in [1.165, 1.54) is 12.0 Å². The summed E-state index contributed by atoms with van der Waals surface area (Å²) in [4.78, 5) is 2.48. The maximum atomic E-state index is 5.97. The Hall–Kier alpha value is -1.81. The fourth-order valence-electron chi connectivity index (χ4n) is 3.29. The first-order valence-electron chi connectivity index (χ1n) is 8.99. The van der Waals surface area contributed by atoms with E-state index >= 15 is 0 Å². The van der Waals surface area contributed by atoms with Crippen molar-refractivity contribution in [3.05, 3.63) is 47.3 Å². The third-order valence-corrected chi connectivity index (χ3v) is 4.54. The molecule has 4 heteroatoms. The summed E-state index contributed by atoms with van der Waals surface area (Å²) in [6, 6.07) is 10.8. The van der Waals surface area contributed by atoms with E-state index in [-0.39, 0.29) is 6.10 Å². The number of aromatic nitrogens is 1. The first kappa shape index (κ1) is 17.0. The number of likely N-dealkylation sites (tertiary alicyclic amines) is 1. The molecule has 24 heavy (non-hydrogen) atoms. The minimum absolute atomic E-state index is 0.184. The number of hydrogen-bond acceptors (Lipinski definition) is 4. The molecule has 1 aliphatic heterocycles. The van der Waals surface area contributed by atoms with Gasteiger partial charge < -0.3 is 9.26 Å². The lowest BCUT2D eigenvalue weighted by Crippen LogP contribution is -2.23. The largest absolute Gasteiger partial charge is 0.491 e. The van der Waals surface area contributed by atoms with E-state index in [0.29, 0.717) is 12.0 Å². The van der Waals surface area contributed by atoms with Gasteiger partial charge in [0.25, 0.3) is 0 Å². The molecule has 1 aromatic heterocycles. The number of rotatable bonds is 6. The van der Waals surface area contributed by atoms with Crippen LogP contribution in [0.15, 0.2) is 34.9 Å². The Morgan fingerprint density at radius 1 is 1.25 bits per heavy atom. The van der Waals surface area contributed by atoms with Crippen LogP contribution in [0.3, 0.4) is 0 Å². The zero-order valence-corrected chi connectivity index (χ0v) is 15.2. The van der Waals surface area contributed by atoms with E-state index < -0.39 is 0 Å². The van der Waals surface area contributed by atoms with E-state index in [1.54, 1.807) is 0 Å². The highest BCUT2D eigenvalue weighted by Gasteiger charge is 2.30. The van der Waals surface area contributed by atoms with E-state index in [4.69, 9.17) is 9.26 Å². The molecule has 0 spiro atoms. The molecule has 4 nitrogen and oxygen atoms in total. The van der Waals surface area contributed by atoms with Gasteiger partial charge in [-0.1, -0.05) is 37.2 Å². The van der Waals surface area contributed by atoms with E-state index in [9.17, 15) is 0 Å². The summed E-state index contributed by atoms with van der Waals surface area (Å²) in [5, 5.41) is 4.23. The van der Waals surface area contributed by atoms with Gasteiger partial charge in [0.05, 0.1) is 17.8 Å². The fourth-order valence-corrected chi connectivity index (χ4v) is 3.29. The highest BCUT2D eigenvalue weighted by atomic mass is 16.5. The average molecular weight is 328 g/mol. The predicted octanol–water partition coefficient (Wildman–Crippen LogP) is 4.92. The fraction of sp³-hybridized carbons (Fsp3) is 0.550. The molecule has 0 amide bonds. The summed E-state index contributed by atoms with van der Waals surface area (Å²) >= 11 is 0. The first-order valence-corrected chi connectivity index (χ1v) is 8.99. The smallest absolute Gasteiger partial charge is 0.154 e. The predicted molar refractivity (Wildman–Crippen MR) is 95.2 cm³/mol. The molecule has 2 aromatic rings. The summed E-state index contributed by atoms with van der Waals surface area (Å²) < 4.78 is 11.6. The highest BCUT2D eigenvalue weighted by Crippen LogP contribution is 2.35. The van der Waals surface area contributed by atoms with Crippen LogP contribution in [0.1, 0.15) is 69.5 Å². The van der Waals surface area contributed by atoms with Gasteiger partial charge in [-0.15, -0.1) is 0 Å². The molecule has 0 unspecified atom stereocenters. The van der Waals surface area contributed by atoms with Crippen LogP contribution in [0.2, 0.25) is 0 Å². The van der Waals surface area contributed by atoms with E-state index in [1.807, 2.05) is 6.07 Å². The average Bonchev–Trinajstić information content (AvgIpc) is 3.17. The quantitative estimate of drug-likeness (QED) is 0.754. The molecular formula is C20H28N2O2. The molecule has 0 saturated carbocycles. The molecule has 3 rings (SSSR count). The van der Waals surface area contributed by atoms with Crippen molar-refractivity contribution in [2.75, 3.05) is 6.54 Å². The molecule has 1 aliphatic rings. The highest BCUT2D eigenvalue weighted by molar-refractivity contribution is 5.33. The van der Waals surface area contributed by atoms with Gasteiger partial charge >= 0.3 is 0 Å². The van der Waals surface area contributed by atoms with Crippen LogP contribution in [0.4, 0.5) is 0 Å². The first-order chi connectivity index (χ1) is 11.5. The van der Waals surface area contributed by atoms with Gasteiger partial charge in [-0.2, -0.15) is 0 Å². The van der Waals surface area contributed by atoms with Gasteiger partial charge in [-0.3, -0.25) is 4.90 Å². The second-order valence-electron chi connectivity index (χ2n) is 7.21. The SMILES string of the molecule is CC(C)Oc1ccccc1CN1CCC[C@H]1c1cc(C(C)C)no1. The molecular weight excluding hydrogens is 300 g/mol. The third-order valence-electron chi connectivity index (χ3n) is 4.54. The Morgan fingerprint density at radius 3 is 2.75 bits per heavy atom. The maximum Gasteiger partial charge on any atom is 0.154 e. The van der Waals surface area contributed by atoms with Crippen molar-refractivity contribution in [1.29, 1.82) is 0 Å². The normalized spacial score (nSPS) is 18.7. The molecule has 1 atom stereocenters. The Morgan fingerprint density at radius 2 is 2.04 bits per heavy atom. The van der Waals surface area contributed by atoms with Crippen molar-refractivity contribution in [1.82, 2.24) is 10.1 Å². The Balaban J connectivity index is 1.76. The van der Waals surface area contributed by atoms with E-state index in [0.717, 1.165) is 36.7 Å². The number of benzene rings is 1. The molecule has 1 saturated heterocycles. The van der Waals surface area contributed by atoms with Crippen molar-refractivity contribution in [2.45, 2.75) is 65.1 Å². The van der Waals surface area contributed by atoms with Crippen molar-refractivity contribution in [3.8, 4) is 5.75 Å². The zero-order valence-electron chi connectivity index (χ0n) is 15.2. The molecule has 0 radical (unpaired) electrons. The topological polar surface area (TPSA) is 38.5 Å². The summed E-state index contributed by atoms with van der Waals surface area (Å²) in [6.45, 7) is 10.4. The number of nitrogens with zero attached hydrogens (tertiary/aromatic N) is 2. The molecule has 2 heterocycles. The van der Waals surface area contributed by atoms with Crippen LogP contribution in [-0.4, -0.2) is 22.7 Å². The molecule has 1 aromatic carbocycles. The second-order valence-corrected chi connectivity index (χ2v) is 7.21. The van der Waals surface area contributed by atoms with Gasteiger partial charge in [0, 0.05) is 18.2 Å². The number of ether oxygens (including phenoxy) is 1. The van der Waals surface area contributed by atoms with Crippen molar-refractivity contribution >= 4 is 0 Å². The number of hydrogen-bond donors (Lipinski definition) is 0. The Labute approximate surface area is 144 Å². The lowest BCUT2D eigenvalue weighted by molar-refractivity contribution is 0.197. The molecule has 0 aliphatic carbocycles. The maximum absolute atomic E-state index is 5.97. The van der Waals surface area contributed by atoms with E-state index in [2.05, 4.69) is 62.0 Å². The van der Waals surface area contributed by atoms with Crippen LogP contribution < -0.4 is 4.74 Å². The lowest BCUT2D eigenvalue weighted by atomic mass is 10.1. The van der Waals surface area contributed by atoms with Gasteiger partial charge in [-0.05, 0) is 45.2 Å². The van der Waals surface area contributed by atoms with Crippen LogP contribution in [0.25, 0.3) is 0 Å². The van der Waals surface area contributed by atoms with Crippen molar-refractivity contribution in [2.24, 2.45) is 0 Å². The standard InChI is InChI=1S/C20H28N2O2/c1-14(2)17-12-20(24-21-17)18-9-7-11-22(18)13-16-8-5-6-10-19(16)23-15(3)4/h5-6,8,10,12,14-15,18H,7,9,11,13H2,1-4H3/t18-/m0/s1. The molecule has 130 valence electrons. The van der Waals surface area contributed by atoms with Crippen LogP contribution >= 0.6 is 0 Å². The summed E-state index contributed by atoms with van der Waals surface area (Å²) in [5.74, 6) is 2.38. The minimum Gasteiger partial charge on any atom is -0.491 e. The Kier molecular flexibility index (Phi) is 5.24. The van der Waals surface area contributed by atoms with Crippen LogP contribution in [0, 0.1) is 0 Å².